The number of aliphatic hydroxyl groups is 1. The molecule has 0 aliphatic heterocycles. The van der Waals surface area contributed by atoms with E-state index in [1.165, 1.54) is 6.42 Å². The van der Waals surface area contributed by atoms with Crippen LogP contribution in [0.5, 0.6) is 0 Å². The van der Waals surface area contributed by atoms with Crippen LogP contribution in [0.3, 0.4) is 0 Å². The second-order valence-electron chi connectivity index (χ2n) is 4.98. The van der Waals surface area contributed by atoms with Crippen LogP contribution in [0.25, 0.3) is 0 Å². The summed E-state index contributed by atoms with van der Waals surface area (Å²) in [5, 5.41) is 22.0. The monoisotopic (exact) mass is 245 g/mol. The molecule has 0 saturated heterocycles. The third kappa shape index (κ3) is 2.87. The molecule has 2 rings (SSSR count). The molecule has 1 aromatic rings. The molecule has 0 atom stereocenters. The lowest BCUT2D eigenvalue weighted by atomic mass is 9.82. The number of nitrogens with zero attached hydrogens (tertiary/aromatic N) is 2. The van der Waals surface area contributed by atoms with Crippen molar-refractivity contribution in [3.05, 3.63) is 29.6 Å². The van der Waals surface area contributed by atoms with Gasteiger partial charge in [-0.05, 0) is 18.9 Å². The first-order valence-corrected chi connectivity index (χ1v) is 6.49. The lowest BCUT2D eigenvalue weighted by molar-refractivity contribution is 0.119. The molecule has 1 fully saturated rings. The Kier molecular flexibility index (Phi) is 4.29. The molecule has 0 aromatic carbocycles. The fraction of sp³-hybridized carbons (Fsp3) is 0.571. The molecule has 1 saturated carbocycles. The maximum atomic E-state index is 9.60. The van der Waals surface area contributed by atoms with Crippen LogP contribution in [0.2, 0.25) is 0 Å². The maximum Gasteiger partial charge on any atom is 0.144 e. The number of rotatable bonds is 4. The molecule has 1 heterocycles. The molecule has 96 valence electrons. The summed E-state index contributed by atoms with van der Waals surface area (Å²) < 4.78 is 0. The quantitative estimate of drug-likeness (QED) is 0.847. The van der Waals surface area contributed by atoms with Crippen molar-refractivity contribution >= 4 is 0 Å². The van der Waals surface area contributed by atoms with E-state index < -0.39 is 0 Å². The minimum Gasteiger partial charge on any atom is -0.394 e. The van der Waals surface area contributed by atoms with E-state index in [4.69, 9.17) is 5.26 Å². The van der Waals surface area contributed by atoms with E-state index in [9.17, 15) is 5.11 Å². The zero-order valence-corrected chi connectivity index (χ0v) is 10.5. The minimum atomic E-state index is -0.166. The number of nitriles is 1. The normalized spacial score (nSPS) is 18.2. The Balaban J connectivity index is 2.03. The van der Waals surface area contributed by atoms with Gasteiger partial charge < -0.3 is 10.4 Å². The molecule has 1 aromatic heterocycles. The van der Waals surface area contributed by atoms with Gasteiger partial charge in [-0.3, -0.25) is 0 Å². The van der Waals surface area contributed by atoms with Gasteiger partial charge in [0.15, 0.2) is 0 Å². The van der Waals surface area contributed by atoms with Crippen LogP contribution in [0.15, 0.2) is 18.3 Å². The summed E-state index contributed by atoms with van der Waals surface area (Å²) in [6.45, 7) is 0.756. The highest BCUT2D eigenvalue weighted by Crippen LogP contribution is 2.28. The smallest absolute Gasteiger partial charge is 0.144 e. The zero-order chi connectivity index (χ0) is 12.8. The van der Waals surface area contributed by atoms with Crippen molar-refractivity contribution in [1.29, 1.82) is 5.26 Å². The molecule has 1 aliphatic rings. The van der Waals surface area contributed by atoms with Gasteiger partial charge in [-0.2, -0.15) is 5.26 Å². The van der Waals surface area contributed by atoms with E-state index in [0.717, 1.165) is 31.2 Å². The first-order chi connectivity index (χ1) is 8.79. The standard InChI is InChI=1S/C14H19N3O/c15-9-13-12(5-4-8-16-13)10-17-14(11-18)6-2-1-3-7-14/h4-5,8,17-18H,1-3,6-7,10-11H2. The number of aliphatic hydroxyl groups excluding tert-OH is 1. The Morgan fingerprint density at radius 3 is 2.83 bits per heavy atom. The van der Waals surface area contributed by atoms with Crippen LogP contribution in [0.1, 0.15) is 43.4 Å². The van der Waals surface area contributed by atoms with Crippen LogP contribution in [0, 0.1) is 11.3 Å². The van der Waals surface area contributed by atoms with Crippen LogP contribution in [-0.4, -0.2) is 22.2 Å². The topological polar surface area (TPSA) is 68.9 Å². The van der Waals surface area contributed by atoms with Gasteiger partial charge in [-0.1, -0.05) is 25.3 Å². The van der Waals surface area contributed by atoms with Crippen LogP contribution in [0.4, 0.5) is 0 Å². The SMILES string of the molecule is N#Cc1ncccc1CNC1(CO)CCCCC1. The van der Waals surface area contributed by atoms with Gasteiger partial charge in [0, 0.05) is 23.8 Å². The average molecular weight is 245 g/mol. The molecule has 4 nitrogen and oxygen atoms in total. The van der Waals surface area contributed by atoms with Gasteiger partial charge in [-0.25, -0.2) is 4.98 Å². The van der Waals surface area contributed by atoms with Crippen molar-refractivity contribution in [2.24, 2.45) is 0 Å². The Morgan fingerprint density at radius 2 is 2.17 bits per heavy atom. The van der Waals surface area contributed by atoms with Crippen molar-refractivity contribution in [3.63, 3.8) is 0 Å². The first kappa shape index (κ1) is 13.0. The summed E-state index contributed by atoms with van der Waals surface area (Å²) >= 11 is 0. The number of aromatic nitrogens is 1. The van der Waals surface area contributed by atoms with Crippen molar-refractivity contribution in [2.75, 3.05) is 6.61 Å². The second kappa shape index (κ2) is 5.94. The average Bonchev–Trinajstić information content (AvgIpc) is 2.46. The van der Waals surface area contributed by atoms with Crippen molar-refractivity contribution in [2.45, 2.75) is 44.2 Å². The Bertz CT molecular complexity index is 433. The lowest BCUT2D eigenvalue weighted by Gasteiger charge is -2.36. The molecule has 4 heteroatoms. The van der Waals surface area contributed by atoms with Gasteiger partial charge in [0.25, 0.3) is 0 Å². The largest absolute Gasteiger partial charge is 0.394 e. The van der Waals surface area contributed by atoms with Crippen LogP contribution in [-0.2, 0) is 6.54 Å². The molecule has 18 heavy (non-hydrogen) atoms. The number of pyridine rings is 1. The van der Waals surface area contributed by atoms with Gasteiger partial charge >= 0.3 is 0 Å². The van der Waals surface area contributed by atoms with E-state index >= 15 is 0 Å². The minimum absolute atomic E-state index is 0.162. The van der Waals surface area contributed by atoms with E-state index in [1.807, 2.05) is 12.1 Å². The molecule has 0 unspecified atom stereocenters. The number of hydrogen-bond acceptors (Lipinski definition) is 4. The lowest BCUT2D eigenvalue weighted by Crippen LogP contribution is -2.49. The Hall–Kier alpha value is -1.44. The summed E-state index contributed by atoms with van der Waals surface area (Å²) in [5.74, 6) is 0. The van der Waals surface area contributed by atoms with Gasteiger partial charge in [-0.15, -0.1) is 0 Å². The van der Waals surface area contributed by atoms with Crippen LogP contribution >= 0.6 is 0 Å². The van der Waals surface area contributed by atoms with Gasteiger partial charge in [0.1, 0.15) is 11.8 Å². The summed E-state index contributed by atoms with van der Waals surface area (Å²) in [7, 11) is 0. The highest BCUT2D eigenvalue weighted by atomic mass is 16.3. The highest BCUT2D eigenvalue weighted by Gasteiger charge is 2.30. The van der Waals surface area contributed by atoms with Crippen molar-refractivity contribution in [3.8, 4) is 6.07 Å². The third-order valence-corrected chi connectivity index (χ3v) is 3.76. The second-order valence-corrected chi connectivity index (χ2v) is 4.98. The predicted molar refractivity (Wildman–Crippen MR) is 68.7 cm³/mol. The molecule has 0 spiro atoms. The molecular weight excluding hydrogens is 226 g/mol. The molecular formula is C14H19N3O. The van der Waals surface area contributed by atoms with E-state index in [1.54, 1.807) is 6.20 Å². The zero-order valence-electron chi connectivity index (χ0n) is 10.5. The van der Waals surface area contributed by atoms with Gasteiger partial charge in [0.05, 0.1) is 6.61 Å². The molecule has 1 aliphatic carbocycles. The molecule has 0 bridgehead atoms. The third-order valence-electron chi connectivity index (χ3n) is 3.76. The van der Waals surface area contributed by atoms with Crippen LogP contribution < -0.4 is 5.32 Å². The summed E-state index contributed by atoms with van der Waals surface area (Å²) in [4.78, 5) is 4.05. The fourth-order valence-electron chi connectivity index (χ4n) is 2.58. The predicted octanol–water partition coefficient (Wildman–Crippen LogP) is 1.74. The summed E-state index contributed by atoms with van der Waals surface area (Å²) in [5.41, 5.74) is 1.20. The van der Waals surface area contributed by atoms with E-state index in [0.29, 0.717) is 12.2 Å². The highest BCUT2D eigenvalue weighted by molar-refractivity contribution is 5.30. The summed E-state index contributed by atoms with van der Waals surface area (Å²) in [6, 6.07) is 5.85. The van der Waals surface area contributed by atoms with E-state index in [-0.39, 0.29) is 12.1 Å². The molecule has 0 amide bonds. The van der Waals surface area contributed by atoms with Gasteiger partial charge in [0.2, 0.25) is 0 Å². The molecule has 0 radical (unpaired) electrons. The number of hydrogen-bond donors (Lipinski definition) is 2. The maximum absolute atomic E-state index is 9.60. The first-order valence-electron chi connectivity index (χ1n) is 6.49. The summed E-state index contributed by atoms with van der Waals surface area (Å²) in [6.07, 6.45) is 7.21. The van der Waals surface area contributed by atoms with Crippen molar-refractivity contribution in [1.82, 2.24) is 10.3 Å². The fourth-order valence-corrected chi connectivity index (χ4v) is 2.58. The van der Waals surface area contributed by atoms with E-state index in [2.05, 4.69) is 16.4 Å². The Labute approximate surface area is 108 Å². The van der Waals surface area contributed by atoms with Crippen molar-refractivity contribution < 1.29 is 5.11 Å². The number of nitrogens with one attached hydrogen (secondary N) is 1. The Morgan fingerprint density at radius 1 is 1.39 bits per heavy atom. The molecule has 2 N–H and O–H groups in total.